The Balaban J connectivity index is 2.85. The van der Waals surface area contributed by atoms with Gasteiger partial charge in [-0.3, -0.25) is 4.79 Å². The van der Waals surface area contributed by atoms with Crippen molar-refractivity contribution in [2.45, 2.75) is 18.9 Å². The topological polar surface area (TPSA) is 26.3 Å². The highest BCUT2D eigenvalue weighted by Crippen LogP contribution is 2.22. The second kappa shape index (κ2) is 3.01. The summed E-state index contributed by atoms with van der Waals surface area (Å²) in [7, 11) is 1.56. The summed E-state index contributed by atoms with van der Waals surface area (Å²) in [6.45, 7) is 1.55. The third-order valence-corrected chi connectivity index (χ3v) is 1.99. The van der Waals surface area contributed by atoms with Crippen LogP contribution in [0.3, 0.4) is 0 Å². The number of ether oxygens (including phenoxy) is 1. The van der Waals surface area contributed by atoms with Crippen molar-refractivity contribution < 1.29 is 9.53 Å². The van der Waals surface area contributed by atoms with Crippen LogP contribution in [0, 0.1) is 0 Å². The highest BCUT2D eigenvalue weighted by molar-refractivity contribution is 5.87. The van der Waals surface area contributed by atoms with Crippen LogP contribution in [0.2, 0.25) is 0 Å². The number of carbonyl (C=O) groups is 1. The Morgan fingerprint density at radius 1 is 1.55 bits per heavy atom. The molecule has 0 amide bonds. The Hall–Kier alpha value is -0.890. The monoisotopic (exact) mass is 152 g/mol. The van der Waals surface area contributed by atoms with Gasteiger partial charge in [0.05, 0.1) is 0 Å². The molecule has 1 unspecified atom stereocenters. The number of Topliss-reactive ketones (excluding diaryl/α,β-unsaturated/α-hetero) is 1. The van der Waals surface area contributed by atoms with Crippen LogP contribution in [-0.4, -0.2) is 18.5 Å². The van der Waals surface area contributed by atoms with Crippen LogP contribution < -0.4 is 0 Å². The molecule has 2 nitrogen and oxygen atoms in total. The van der Waals surface area contributed by atoms with Crippen LogP contribution in [0.5, 0.6) is 0 Å². The quantitative estimate of drug-likeness (QED) is 0.599. The van der Waals surface area contributed by atoms with Gasteiger partial charge in [-0.15, -0.1) is 0 Å². The minimum Gasteiger partial charge on any atom is -0.366 e. The van der Waals surface area contributed by atoms with Crippen molar-refractivity contribution >= 4 is 5.78 Å². The first-order valence-corrected chi connectivity index (χ1v) is 3.62. The highest BCUT2D eigenvalue weighted by Gasteiger charge is 2.31. The van der Waals surface area contributed by atoms with E-state index in [2.05, 4.69) is 0 Å². The molecule has 0 aromatic rings. The van der Waals surface area contributed by atoms with Crippen LogP contribution in [0.15, 0.2) is 24.3 Å². The third-order valence-electron chi connectivity index (χ3n) is 1.99. The summed E-state index contributed by atoms with van der Waals surface area (Å²) in [4.78, 5) is 11.1. The zero-order valence-corrected chi connectivity index (χ0v) is 6.83. The molecule has 1 atom stereocenters. The fourth-order valence-corrected chi connectivity index (χ4v) is 1.16. The molecule has 0 aromatic heterocycles. The lowest BCUT2D eigenvalue weighted by Crippen LogP contribution is -2.37. The summed E-state index contributed by atoms with van der Waals surface area (Å²) < 4.78 is 5.15. The smallest absolute Gasteiger partial charge is 0.165 e. The molecule has 0 fully saturated rings. The van der Waals surface area contributed by atoms with Gasteiger partial charge in [0.2, 0.25) is 0 Å². The molecule has 1 aliphatic rings. The first-order valence-electron chi connectivity index (χ1n) is 3.62. The van der Waals surface area contributed by atoms with E-state index >= 15 is 0 Å². The highest BCUT2D eigenvalue weighted by atomic mass is 16.5. The molecule has 1 aliphatic carbocycles. The maximum atomic E-state index is 11.1. The van der Waals surface area contributed by atoms with Gasteiger partial charge in [-0.2, -0.15) is 0 Å². The van der Waals surface area contributed by atoms with Gasteiger partial charge in [0.1, 0.15) is 5.60 Å². The normalized spacial score (nSPS) is 28.9. The van der Waals surface area contributed by atoms with Crippen LogP contribution in [0.4, 0.5) is 0 Å². The van der Waals surface area contributed by atoms with E-state index in [1.807, 2.05) is 18.2 Å². The van der Waals surface area contributed by atoms with Crippen molar-refractivity contribution in [3.63, 3.8) is 0 Å². The van der Waals surface area contributed by atoms with Gasteiger partial charge in [0.25, 0.3) is 0 Å². The number of hydrogen-bond acceptors (Lipinski definition) is 2. The van der Waals surface area contributed by atoms with E-state index in [9.17, 15) is 4.79 Å². The van der Waals surface area contributed by atoms with Crippen LogP contribution >= 0.6 is 0 Å². The van der Waals surface area contributed by atoms with Crippen molar-refractivity contribution in [2.24, 2.45) is 0 Å². The van der Waals surface area contributed by atoms with Gasteiger partial charge in [-0.25, -0.2) is 0 Å². The predicted octanol–water partition coefficient (Wildman–Crippen LogP) is 1.48. The van der Waals surface area contributed by atoms with Crippen molar-refractivity contribution in [2.75, 3.05) is 7.11 Å². The number of ketones is 1. The van der Waals surface area contributed by atoms with Crippen LogP contribution in [0.25, 0.3) is 0 Å². The number of allylic oxidation sites excluding steroid dienone is 2. The Morgan fingerprint density at radius 2 is 2.27 bits per heavy atom. The summed E-state index contributed by atoms with van der Waals surface area (Å²) >= 11 is 0. The second-order valence-electron chi connectivity index (χ2n) is 2.64. The van der Waals surface area contributed by atoms with E-state index in [0.29, 0.717) is 6.42 Å². The molecule has 0 radical (unpaired) electrons. The summed E-state index contributed by atoms with van der Waals surface area (Å²) in [5.41, 5.74) is -0.686. The van der Waals surface area contributed by atoms with E-state index in [4.69, 9.17) is 4.74 Å². The Labute approximate surface area is 66.5 Å². The molecule has 0 saturated heterocycles. The molecule has 2 heteroatoms. The summed E-state index contributed by atoms with van der Waals surface area (Å²) in [5.74, 6) is 0.0561. The van der Waals surface area contributed by atoms with Gasteiger partial charge in [-0.05, 0) is 13.0 Å². The minimum atomic E-state index is -0.686. The van der Waals surface area contributed by atoms with Gasteiger partial charge in [0, 0.05) is 13.5 Å². The van der Waals surface area contributed by atoms with E-state index in [1.165, 1.54) is 0 Å². The molecule has 0 N–H and O–H groups in total. The molecular formula is C9H12O2. The molecule has 0 spiro atoms. The van der Waals surface area contributed by atoms with Crippen LogP contribution in [-0.2, 0) is 9.53 Å². The first-order chi connectivity index (χ1) is 5.21. The molecule has 60 valence electrons. The van der Waals surface area contributed by atoms with E-state index < -0.39 is 5.60 Å². The molecule has 0 heterocycles. The fraction of sp³-hybridized carbons (Fsp3) is 0.444. The van der Waals surface area contributed by atoms with E-state index in [-0.39, 0.29) is 5.78 Å². The number of rotatable bonds is 2. The van der Waals surface area contributed by atoms with Crippen molar-refractivity contribution in [1.82, 2.24) is 0 Å². The summed E-state index contributed by atoms with van der Waals surface area (Å²) in [6.07, 6.45) is 8.14. The zero-order valence-electron chi connectivity index (χ0n) is 6.83. The van der Waals surface area contributed by atoms with E-state index in [0.717, 1.165) is 0 Å². The summed E-state index contributed by atoms with van der Waals surface area (Å²) in [5, 5.41) is 0. The average molecular weight is 152 g/mol. The van der Waals surface area contributed by atoms with Crippen molar-refractivity contribution in [3.05, 3.63) is 24.3 Å². The molecule has 0 aliphatic heterocycles. The molecule has 11 heavy (non-hydrogen) atoms. The molecular weight excluding hydrogens is 140 g/mol. The standard InChI is InChI=1S/C9H12O2/c1-8(10)9(11-2)6-4-3-5-7-9/h3-6H,7H2,1-2H3. The minimum absolute atomic E-state index is 0.0561. The second-order valence-corrected chi connectivity index (χ2v) is 2.64. The lowest BCUT2D eigenvalue weighted by molar-refractivity contribution is -0.133. The zero-order chi connectivity index (χ0) is 8.32. The van der Waals surface area contributed by atoms with Gasteiger partial charge in [0.15, 0.2) is 5.78 Å². The third kappa shape index (κ3) is 1.40. The van der Waals surface area contributed by atoms with E-state index in [1.54, 1.807) is 20.1 Å². The molecule has 0 saturated carbocycles. The fourth-order valence-electron chi connectivity index (χ4n) is 1.16. The van der Waals surface area contributed by atoms with Gasteiger partial charge < -0.3 is 4.74 Å². The van der Waals surface area contributed by atoms with Gasteiger partial charge >= 0.3 is 0 Å². The van der Waals surface area contributed by atoms with Gasteiger partial charge in [-0.1, -0.05) is 18.2 Å². The largest absolute Gasteiger partial charge is 0.366 e. The molecule has 0 bridgehead atoms. The lowest BCUT2D eigenvalue weighted by Gasteiger charge is -2.26. The average Bonchev–Trinajstić information content (AvgIpc) is 2.05. The molecule has 0 aromatic carbocycles. The lowest BCUT2D eigenvalue weighted by atomic mass is 9.91. The number of hydrogen-bond donors (Lipinski definition) is 0. The number of methoxy groups -OCH3 is 1. The first kappa shape index (κ1) is 8.21. The van der Waals surface area contributed by atoms with Crippen molar-refractivity contribution in [1.29, 1.82) is 0 Å². The predicted molar refractivity (Wildman–Crippen MR) is 43.3 cm³/mol. The molecule has 1 rings (SSSR count). The Kier molecular flexibility index (Phi) is 2.25. The Bertz CT molecular complexity index is 216. The van der Waals surface area contributed by atoms with Crippen LogP contribution in [0.1, 0.15) is 13.3 Å². The number of carbonyl (C=O) groups excluding carboxylic acids is 1. The summed E-state index contributed by atoms with van der Waals surface area (Å²) in [6, 6.07) is 0. The van der Waals surface area contributed by atoms with Crippen molar-refractivity contribution in [3.8, 4) is 0 Å². The maximum absolute atomic E-state index is 11.1. The SMILES string of the molecule is COC1(C(C)=O)C=CC=CC1. The Morgan fingerprint density at radius 3 is 2.55 bits per heavy atom. The maximum Gasteiger partial charge on any atom is 0.165 e.